The highest BCUT2D eigenvalue weighted by molar-refractivity contribution is 7.99. The summed E-state index contributed by atoms with van der Waals surface area (Å²) in [4.78, 5) is 12.0. The molecule has 2 rings (SSSR count). The van der Waals surface area contributed by atoms with Crippen LogP contribution < -0.4 is 5.73 Å². The second kappa shape index (κ2) is 7.19. The van der Waals surface area contributed by atoms with Gasteiger partial charge in [-0.25, -0.2) is 13.9 Å². The van der Waals surface area contributed by atoms with Gasteiger partial charge in [-0.15, -0.1) is 16.9 Å². The summed E-state index contributed by atoms with van der Waals surface area (Å²) in [6, 6.07) is 6.20. The number of carboxylic acids is 1. The van der Waals surface area contributed by atoms with Crippen LogP contribution in [0.3, 0.4) is 0 Å². The number of carbonyl (C=O) groups is 1. The Kier molecular flexibility index (Phi) is 5.29. The number of rotatable bonds is 7. The van der Waals surface area contributed by atoms with Crippen LogP contribution >= 0.6 is 11.8 Å². The van der Waals surface area contributed by atoms with Crippen LogP contribution in [0, 0.1) is 5.82 Å². The van der Waals surface area contributed by atoms with Crippen LogP contribution in [0.15, 0.2) is 29.2 Å². The summed E-state index contributed by atoms with van der Waals surface area (Å²) in [6.45, 7) is 0.844. The minimum atomic E-state index is -1.10. The summed E-state index contributed by atoms with van der Waals surface area (Å²) in [6.07, 6.45) is 0.413. The lowest BCUT2D eigenvalue weighted by molar-refractivity contribution is 0.0689. The molecule has 0 unspecified atom stereocenters. The molecule has 0 aliphatic carbocycles. The summed E-state index contributed by atoms with van der Waals surface area (Å²) in [5, 5.41) is 16.6. The Hall–Kier alpha value is -1.93. The first-order valence-electron chi connectivity index (χ1n) is 6.36. The second-order valence-electron chi connectivity index (χ2n) is 4.25. The van der Waals surface area contributed by atoms with E-state index in [0.717, 1.165) is 4.90 Å². The van der Waals surface area contributed by atoms with Crippen LogP contribution in [0.25, 0.3) is 0 Å². The van der Waals surface area contributed by atoms with Gasteiger partial charge in [-0.05, 0) is 30.8 Å². The summed E-state index contributed by atoms with van der Waals surface area (Å²) >= 11 is 1.53. The first-order chi connectivity index (χ1) is 10.1. The fourth-order valence-corrected chi connectivity index (χ4v) is 2.67. The van der Waals surface area contributed by atoms with Crippen molar-refractivity contribution in [2.24, 2.45) is 5.73 Å². The van der Waals surface area contributed by atoms with Crippen molar-refractivity contribution in [3.05, 3.63) is 41.5 Å². The van der Waals surface area contributed by atoms with Crippen molar-refractivity contribution in [3.8, 4) is 0 Å². The van der Waals surface area contributed by atoms with Gasteiger partial charge in [-0.2, -0.15) is 0 Å². The number of carboxylic acid groups (broad SMARTS) is 1. The molecule has 0 saturated heterocycles. The third kappa shape index (κ3) is 4.02. The van der Waals surface area contributed by atoms with Gasteiger partial charge in [0.05, 0.1) is 12.2 Å². The molecule has 1 aromatic carbocycles. The van der Waals surface area contributed by atoms with Crippen molar-refractivity contribution >= 4 is 17.7 Å². The number of hydrogen-bond acceptors (Lipinski definition) is 5. The van der Waals surface area contributed by atoms with E-state index < -0.39 is 5.97 Å². The standard InChI is InChI=1S/C13H15FN4O2S/c14-9-1-3-10(4-2-9)21-8-7-18-11(5-6-15)12(13(19)20)16-17-18/h1-4H,5-8,15H2,(H,19,20). The van der Waals surface area contributed by atoms with Crippen LogP contribution in [-0.4, -0.2) is 38.4 Å². The molecule has 0 aliphatic heterocycles. The van der Waals surface area contributed by atoms with Crippen molar-refractivity contribution in [1.82, 2.24) is 15.0 Å². The van der Waals surface area contributed by atoms with Gasteiger partial charge in [0.2, 0.25) is 0 Å². The van der Waals surface area contributed by atoms with E-state index in [2.05, 4.69) is 10.3 Å². The van der Waals surface area contributed by atoms with Gasteiger partial charge in [0.25, 0.3) is 0 Å². The van der Waals surface area contributed by atoms with Crippen LogP contribution in [0.5, 0.6) is 0 Å². The van der Waals surface area contributed by atoms with Crippen LogP contribution in [-0.2, 0) is 13.0 Å². The van der Waals surface area contributed by atoms with Crippen molar-refractivity contribution in [2.75, 3.05) is 12.3 Å². The zero-order valence-electron chi connectivity index (χ0n) is 11.2. The predicted octanol–water partition coefficient (Wildman–Crippen LogP) is 1.41. The average molecular weight is 310 g/mol. The topological polar surface area (TPSA) is 94.0 Å². The average Bonchev–Trinajstić information content (AvgIpc) is 2.85. The summed E-state index contributed by atoms with van der Waals surface area (Å²) < 4.78 is 14.4. The van der Waals surface area contributed by atoms with E-state index >= 15 is 0 Å². The number of hydrogen-bond donors (Lipinski definition) is 2. The lowest BCUT2D eigenvalue weighted by atomic mass is 10.2. The molecular formula is C13H15FN4O2S. The molecule has 8 heteroatoms. The molecule has 0 bridgehead atoms. The summed E-state index contributed by atoms with van der Waals surface area (Å²) in [5.74, 6) is -0.700. The molecule has 0 fully saturated rings. The Morgan fingerprint density at radius 1 is 1.38 bits per heavy atom. The van der Waals surface area contributed by atoms with Gasteiger partial charge in [0.1, 0.15) is 5.82 Å². The number of nitrogens with two attached hydrogens (primary N) is 1. The Morgan fingerprint density at radius 2 is 2.10 bits per heavy atom. The molecule has 2 aromatic rings. The lowest BCUT2D eigenvalue weighted by Gasteiger charge is -2.06. The largest absolute Gasteiger partial charge is 0.476 e. The molecule has 0 radical (unpaired) electrons. The van der Waals surface area contributed by atoms with Crippen LogP contribution in [0.1, 0.15) is 16.2 Å². The zero-order chi connectivity index (χ0) is 15.2. The maximum absolute atomic E-state index is 12.8. The summed E-state index contributed by atoms with van der Waals surface area (Å²) in [7, 11) is 0. The van der Waals surface area contributed by atoms with E-state index in [1.165, 1.54) is 23.9 Å². The highest BCUT2D eigenvalue weighted by atomic mass is 32.2. The van der Waals surface area contributed by atoms with Gasteiger partial charge in [0.15, 0.2) is 5.69 Å². The summed E-state index contributed by atoms with van der Waals surface area (Å²) in [5.41, 5.74) is 5.97. The molecule has 1 aromatic heterocycles. The van der Waals surface area contributed by atoms with Crippen molar-refractivity contribution in [3.63, 3.8) is 0 Å². The fourth-order valence-electron chi connectivity index (χ4n) is 1.84. The molecule has 0 amide bonds. The Balaban J connectivity index is 1.99. The Morgan fingerprint density at radius 3 is 2.71 bits per heavy atom. The van der Waals surface area contributed by atoms with Gasteiger partial charge in [-0.3, -0.25) is 0 Å². The quantitative estimate of drug-likeness (QED) is 0.751. The van der Waals surface area contributed by atoms with Gasteiger partial charge in [-0.1, -0.05) is 5.21 Å². The maximum Gasteiger partial charge on any atom is 0.358 e. The Labute approximate surface area is 125 Å². The second-order valence-corrected chi connectivity index (χ2v) is 5.42. The number of halogens is 1. The van der Waals surface area contributed by atoms with E-state index in [1.54, 1.807) is 16.8 Å². The van der Waals surface area contributed by atoms with Crippen molar-refractivity contribution in [1.29, 1.82) is 0 Å². The van der Waals surface area contributed by atoms with E-state index in [9.17, 15) is 9.18 Å². The molecule has 0 aliphatic rings. The smallest absolute Gasteiger partial charge is 0.358 e. The van der Waals surface area contributed by atoms with Gasteiger partial charge < -0.3 is 10.8 Å². The molecule has 112 valence electrons. The molecule has 3 N–H and O–H groups in total. The molecule has 0 saturated carbocycles. The number of aromatic nitrogens is 3. The Bertz CT molecular complexity index is 615. The number of benzene rings is 1. The van der Waals surface area contributed by atoms with Crippen LogP contribution in [0.2, 0.25) is 0 Å². The normalized spacial score (nSPS) is 10.8. The van der Waals surface area contributed by atoms with Crippen LogP contribution in [0.4, 0.5) is 4.39 Å². The van der Waals surface area contributed by atoms with Gasteiger partial charge >= 0.3 is 5.97 Å². The molecule has 1 heterocycles. The molecule has 0 atom stereocenters. The highest BCUT2D eigenvalue weighted by Gasteiger charge is 2.17. The predicted molar refractivity (Wildman–Crippen MR) is 76.9 cm³/mol. The third-order valence-corrected chi connectivity index (χ3v) is 3.80. The SMILES string of the molecule is NCCc1c(C(=O)O)nnn1CCSc1ccc(F)cc1. The van der Waals surface area contributed by atoms with Crippen molar-refractivity contribution < 1.29 is 14.3 Å². The highest BCUT2D eigenvalue weighted by Crippen LogP contribution is 2.18. The number of aromatic carboxylic acids is 1. The first kappa shape index (κ1) is 15.5. The molecule has 0 spiro atoms. The van der Waals surface area contributed by atoms with Crippen molar-refractivity contribution in [2.45, 2.75) is 17.9 Å². The van der Waals surface area contributed by atoms with E-state index in [-0.39, 0.29) is 11.5 Å². The number of aryl methyl sites for hydroxylation is 1. The monoisotopic (exact) mass is 310 g/mol. The first-order valence-corrected chi connectivity index (χ1v) is 7.34. The lowest BCUT2D eigenvalue weighted by Crippen LogP contribution is -2.14. The fraction of sp³-hybridized carbons (Fsp3) is 0.308. The van der Waals surface area contributed by atoms with E-state index in [0.29, 0.717) is 31.0 Å². The molecular weight excluding hydrogens is 295 g/mol. The minimum absolute atomic E-state index is 0.0489. The molecule has 21 heavy (non-hydrogen) atoms. The number of thioether (sulfide) groups is 1. The van der Waals surface area contributed by atoms with E-state index in [4.69, 9.17) is 10.8 Å². The van der Waals surface area contributed by atoms with E-state index in [1.807, 2.05) is 0 Å². The number of nitrogens with zero attached hydrogens (tertiary/aromatic N) is 3. The van der Waals surface area contributed by atoms with Gasteiger partial charge in [0, 0.05) is 17.1 Å². The zero-order valence-corrected chi connectivity index (χ0v) is 12.0. The molecule has 6 nitrogen and oxygen atoms in total. The third-order valence-electron chi connectivity index (χ3n) is 2.81. The maximum atomic E-state index is 12.8. The minimum Gasteiger partial charge on any atom is -0.476 e.